The van der Waals surface area contributed by atoms with E-state index >= 15 is 0 Å². The van der Waals surface area contributed by atoms with Crippen LogP contribution in [0.5, 0.6) is 0 Å². The first-order valence-electron chi connectivity index (χ1n) is 6.93. The molecule has 1 amide bonds. The molecular formula is C13H24N2OS. The summed E-state index contributed by atoms with van der Waals surface area (Å²) < 4.78 is 0. The topological polar surface area (TPSA) is 32.3 Å². The third kappa shape index (κ3) is 4.18. The molecule has 0 spiro atoms. The Morgan fingerprint density at radius 3 is 2.59 bits per heavy atom. The van der Waals surface area contributed by atoms with E-state index in [1.54, 1.807) is 0 Å². The van der Waals surface area contributed by atoms with Gasteiger partial charge in [-0.3, -0.25) is 4.79 Å². The van der Waals surface area contributed by atoms with E-state index in [-0.39, 0.29) is 0 Å². The van der Waals surface area contributed by atoms with Crippen molar-refractivity contribution in [2.75, 3.05) is 25.4 Å². The maximum atomic E-state index is 12.1. The van der Waals surface area contributed by atoms with Crippen LogP contribution in [0.25, 0.3) is 0 Å². The summed E-state index contributed by atoms with van der Waals surface area (Å²) in [5, 5.41) is 4.06. The van der Waals surface area contributed by atoms with Gasteiger partial charge in [-0.2, -0.15) is 0 Å². The molecule has 1 saturated heterocycles. The van der Waals surface area contributed by atoms with Gasteiger partial charge in [0, 0.05) is 17.8 Å². The first-order valence-corrected chi connectivity index (χ1v) is 7.98. The molecule has 2 aliphatic rings. The van der Waals surface area contributed by atoms with Gasteiger partial charge < -0.3 is 10.2 Å². The Kier molecular flexibility index (Phi) is 5.16. The van der Waals surface area contributed by atoms with Crippen molar-refractivity contribution in [3.05, 3.63) is 0 Å². The first kappa shape index (κ1) is 13.2. The molecule has 1 saturated carbocycles. The van der Waals surface area contributed by atoms with Crippen LogP contribution in [0.1, 0.15) is 39.0 Å². The Labute approximate surface area is 109 Å². The maximum absolute atomic E-state index is 12.1. The van der Waals surface area contributed by atoms with Gasteiger partial charge in [0.1, 0.15) is 0 Å². The van der Waals surface area contributed by atoms with Crippen LogP contribution in [0.4, 0.5) is 0 Å². The summed E-state index contributed by atoms with van der Waals surface area (Å²) in [6.07, 6.45) is 5.97. The maximum Gasteiger partial charge on any atom is 0.232 e. The van der Waals surface area contributed by atoms with Gasteiger partial charge in [0.2, 0.25) is 5.91 Å². The van der Waals surface area contributed by atoms with Crippen LogP contribution in [0, 0.1) is 0 Å². The Bertz CT molecular complexity index is 250. The van der Waals surface area contributed by atoms with Crippen molar-refractivity contribution < 1.29 is 4.79 Å². The van der Waals surface area contributed by atoms with E-state index in [1.807, 2.05) is 11.8 Å². The van der Waals surface area contributed by atoms with Crippen molar-refractivity contribution in [3.8, 4) is 0 Å². The fourth-order valence-corrected chi connectivity index (χ4v) is 3.49. The Balaban J connectivity index is 1.70. The number of nitrogens with zero attached hydrogens (tertiary/aromatic N) is 1. The molecule has 2 fully saturated rings. The lowest BCUT2D eigenvalue weighted by Crippen LogP contribution is -2.36. The Morgan fingerprint density at radius 2 is 2.00 bits per heavy atom. The number of carbonyl (C=O) groups is 1. The summed E-state index contributed by atoms with van der Waals surface area (Å²) in [6, 6.07) is 0.580. The summed E-state index contributed by atoms with van der Waals surface area (Å²) in [5.74, 6) is 1.07. The van der Waals surface area contributed by atoms with E-state index in [0.29, 0.717) is 23.0 Å². The van der Waals surface area contributed by atoms with Crippen LogP contribution < -0.4 is 5.32 Å². The summed E-state index contributed by atoms with van der Waals surface area (Å²) in [7, 11) is 0. The van der Waals surface area contributed by atoms with Crippen molar-refractivity contribution in [2.24, 2.45) is 0 Å². The van der Waals surface area contributed by atoms with Gasteiger partial charge in [0.05, 0.1) is 5.75 Å². The van der Waals surface area contributed by atoms with Crippen molar-refractivity contribution in [1.29, 1.82) is 0 Å². The molecule has 0 aromatic rings. The van der Waals surface area contributed by atoms with E-state index in [2.05, 4.69) is 17.1 Å². The van der Waals surface area contributed by atoms with Gasteiger partial charge >= 0.3 is 0 Å². The number of rotatable bonds is 6. The van der Waals surface area contributed by atoms with Gasteiger partial charge in [-0.05, 0) is 45.2 Å². The monoisotopic (exact) mass is 256 g/mol. The highest BCUT2D eigenvalue weighted by Gasteiger charge is 2.31. The SMILES string of the molecule is CCCN(C(=O)CSC1CCNCC1)C1CC1. The summed E-state index contributed by atoms with van der Waals surface area (Å²) in [6.45, 7) is 5.35. The minimum absolute atomic E-state index is 0.373. The van der Waals surface area contributed by atoms with Gasteiger partial charge in [-0.15, -0.1) is 11.8 Å². The van der Waals surface area contributed by atoms with Crippen LogP contribution in [0.15, 0.2) is 0 Å². The summed E-state index contributed by atoms with van der Waals surface area (Å²) >= 11 is 1.87. The standard InChI is InChI=1S/C13H24N2OS/c1-2-9-15(11-3-4-11)13(16)10-17-12-5-7-14-8-6-12/h11-12,14H,2-10H2,1H3. The second-order valence-corrected chi connectivity index (χ2v) is 6.37. The average molecular weight is 256 g/mol. The fourth-order valence-electron chi connectivity index (χ4n) is 2.37. The lowest BCUT2D eigenvalue weighted by atomic mass is 10.2. The molecule has 1 N–H and O–H groups in total. The van der Waals surface area contributed by atoms with E-state index in [1.165, 1.54) is 25.7 Å². The van der Waals surface area contributed by atoms with Crippen molar-refractivity contribution in [1.82, 2.24) is 10.2 Å². The second-order valence-electron chi connectivity index (χ2n) is 5.08. The van der Waals surface area contributed by atoms with E-state index in [0.717, 1.165) is 26.1 Å². The van der Waals surface area contributed by atoms with Gasteiger partial charge in [-0.25, -0.2) is 0 Å². The number of hydrogen-bond acceptors (Lipinski definition) is 3. The summed E-state index contributed by atoms with van der Waals surface area (Å²) in [4.78, 5) is 14.3. The highest BCUT2D eigenvalue weighted by molar-refractivity contribution is 8.00. The molecule has 2 rings (SSSR count). The number of amides is 1. The fraction of sp³-hybridized carbons (Fsp3) is 0.923. The van der Waals surface area contributed by atoms with Crippen molar-refractivity contribution >= 4 is 17.7 Å². The highest BCUT2D eigenvalue weighted by atomic mass is 32.2. The number of carbonyl (C=O) groups excluding carboxylic acids is 1. The predicted octanol–water partition coefficient (Wildman–Crippen LogP) is 1.87. The van der Waals surface area contributed by atoms with Gasteiger partial charge in [0.15, 0.2) is 0 Å². The van der Waals surface area contributed by atoms with Crippen molar-refractivity contribution in [2.45, 2.75) is 50.3 Å². The Hall–Kier alpha value is -0.220. The lowest BCUT2D eigenvalue weighted by molar-refractivity contribution is -0.128. The molecule has 0 aromatic heterocycles. The average Bonchev–Trinajstić information content (AvgIpc) is 3.18. The van der Waals surface area contributed by atoms with Gasteiger partial charge in [-0.1, -0.05) is 6.92 Å². The molecular weight excluding hydrogens is 232 g/mol. The van der Waals surface area contributed by atoms with E-state index < -0.39 is 0 Å². The first-order chi connectivity index (χ1) is 8.31. The molecule has 4 heteroatoms. The zero-order valence-corrected chi connectivity index (χ0v) is 11.6. The predicted molar refractivity (Wildman–Crippen MR) is 73.4 cm³/mol. The van der Waals surface area contributed by atoms with Crippen LogP contribution in [-0.2, 0) is 4.79 Å². The molecule has 0 atom stereocenters. The summed E-state index contributed by atoms with van der Waals surface area (Å²) in [5.41, 5.74) is 0. The third-order valence-corrected chi connectivity index (χ3v) is 4.86. The molecule has 1 aliphatic carbocycles. The molecule has 17 heavy (non-hydrogen) atoms. The zero-order valence-electron chi connectivity index (χ0n) is 10.8. The van der Waals surface area contributed by atoms with Crippen LogP contribution in [0.2, 0.25) is 0 Å². The molecule has 0 bridgehead atoms. The molecule has 0 radical (unpaired) electrons. The van der Waals surface area contributed by atoms with E-state index in [9.17, 15) is 4.79 Å². The minimum Gasteiger partial charge on any atom is -0.339 e. The molecule has 3 nitrogen and oxygen atoms in total. The third-order valence-electron chi connectivity index (χ3n) is 3.50. The van der Waals surface area contributed by atoms with E-state index in [4.69, 9.17) is 0 Å². The number of piperidine rings is 1. The molecule has 1 aliphatic heterocycles. The number of nitrogens with one attached hydrogen (secondary N) is 1. The largest absolute Gasteiger partial charge is 0.339 e. The smallest absolute Gasteiger partial charge is 0.232 e. The minimum atomic E-state index is 0.373. The van der Waals surface area contributed by atoms with Gasteiger partial charge in [0.25, 0.3) is 0 Å². The van der Waals surface area contributed by atoms with Crippen LogP contribution >= 0.6 is 11.8 Å². The zero-order chi connectivity index (χ0) is 12.1. The highest BCUT2D eigenvalue weighted by Crippen LogP contribution is 2.28. The van der Waals surface area contributed by atoms with Crippen LogP contribution in [-0.4, -0.2) is 47.5 Å². The number of hydrogen-bond donors (Lipinski definition) is 1. The lowest BCUT2D eigenvalue weighted by Gasteiger charge is -2.25. The van der Waals surface area contributed by atoms with Crippen LogP contribution in [0.3, 0.4) is 0 Å². The van der Waals surface area contributed by atoms with Crippen molar-refractivity contribution in [3.63, 3.8) is 0 Å². The molecule has 0 aromatic carbocycles. The number of thioether (sulfide) groups is 1. The molecule has 0 unspecified atom stereocenters. The second kappa shape index (κ2) is 6.64. The normalized spacial score (nSPS) is 21.5. The quantitative estimate of drug-likeness (QED) is 0.787. The molecule has 1 heterocycles. The Morgan fingerprint density at radius 1 is 1.29 bits per heavy atom. The molecule has 98 valence electrons.